The number of sulfonamides is 1. The molecule has 156 valence electrons. The van der Waals surface area contributed by atoms with E-state index >= 15 is 0 Å². The van der Waals surface area contributed by atoms with Crippen LogP contribution in [0, 0.1) is 6.92 Å². The molecule has 2 aromatic rings. The lowest BCUT2D eigenvalue weighted by atomic mass is 10.3. The van der Waals surface area contributed by atoms with Gasteiger partial charge in [0.05, 0.1) is 23.8 Å². The van der Waals surface area contributed by atoms with Gasteiger partial charge in [-0.3, -0.25) is 10.2 Å². The first kappa shape index (κ1) is 19.9. The molecule has 12 heteroatoms. The number of rotatable bonds is 5. The van der Waals surface area contributed by atoms with Crippen molar-refractivity contribution in [2.75, 3.05) is 44.4 Å². The number of amides is 1. The van der Waals surface area contributed by atoms with Crippen molar-refractivity contribution >= 4 is 32.4 Å². The minimum Gasteiger partial charge on any atom is -0.486 e. The molecule has 1 fully saturated rings. The quantitative estimate of drug-likeness (QED) is 0.652. The SMILES string of the molecule is Cc1nc(N2CCOCC2)sc1C(=O)NNS(=O)(=O)c1ccc2c(c1)OCCO2. The van der Waals surface area contributed by atoms with Gasteiger partial charge in [-0.15, -0.1) is 4.83 Å². The van der Waals surface area contributed by atoms with Gasteiger partial charge >= 0.3 is 0 Å². The first-order valence-electron chi connectivity index (χ1n) is 8.96. The number of aryl methyl sites for hydroxylation is 1. The molecule has 3 heterocycles. The molecular weight excluding hydrogens is 420 g/mol. The smallest absolute Gasteiger partial charge is 0.278 e. The molecule has 0 aliphatic carbocycles. The Kier molecular flexibility index (Phi) is 5.58. The monoisotopic (exact) mass is 440 g/mol. The summed E-state index contributed by atoms with van der Waals surface area (Å²) in [6.45, 7) is 5.08. The highest BCUT2D eigenvalue weighted by molar-refractivity contribution is 7.89. The Bertz CT molecular complexity index is 1020. The van der Waals surface area contributed by atoms with Crippen LogP contribution >= 0.6 is 11.3 Å². The number of aromatic nitrogens is 1. The molecule has 1 aromatic heterocycles. The van der Waals surface area contributed by atoms with Gasteiger partial charge in [0.15, 0.2) is 16.6 Å². The largest absolute Gasteiger partial charge is 0.486 e. The molecule has 0 spiro atoms. The molecular formula is C17H20N4O6S2. The molecule has 10 nitrogen and oxygen atoms in total. The molecule has 1 aromatic carbocycles. The maximum atomic E-state index is 12.5. The Morgan fingerprint density at radius 3 is 2.62 bits per heavy atom. The third-order valence-corrected chi connectivity index (χ3v) is 6.86. The second-order valence-electron chi connectivity index (χ2n) is 6.38. The van der Waals surface area contributed by atoms with E-state index in [4.69, 9.17) is 14.2 Å². The number of carbonyl (C=O) groups is 1. The molecule has 29 heavy (non-hydrogen) atoms. The zero-order valence-electron chi connectivity index (χ0n) is 15.6. The third-order valence-electron chi connectivity index (χ3n) is 4.40. The number of morpholine rings is 1. The van der Waals surface area contributed by atoms with Gasteiger partial charge in [0.1, 0.15) is 18.1 Å². The predicted molar refractivity (Wildman–Crippen MR) is 105 cm³/mol. The fourth-order valence-electron chi connectivity index (χ4n) is 2.90. The number of thiazole rings is 1. The summed E-state index contributed by atoms with van der Waals surface area (Å²) >= 11 is 1.21. The summed E-state index contributed by atoms with van der Waals surface area (Å²) < 4.78 is 41.2. The van der Waals surface area contributed by atoms with Crippen molar-refractivity contribution in [2.45, 2.75) is 11.8 Å². The van der Waals surface area contributed by atoms with Gasteiger partial charge in [-0.25, -0.2) is 13.4 Å². The summed E-state index contributed by atoms with van der Waals surface area (Å²) in [6.07, 6.45) is 0. The van der Waals surface area contributed by atoms with Crippen molar-refractivity contribution in [1.29, 1.82) is 0 Å². The Labute approximate surface area is 171 Å². The van der Waals surface area contributed by atoms with Crippen LogP contribution in [0.15, 0.2) is 23.1 Å². The van der Waals surface area contributed by atoms with E-state index in [1.165, 1.54) is 29.5 Å². The van der Waals surface area contributed by atoms with Crippen molar-refractivity contribution < 1.29 is 27.4 Å². The second-order valence-corrected chi connectivity index (χ2v) is 9.04. The van der Waals surface area contributed by atoms with Gasteiger partial charge in [0.25, 0.3) is 15.9 Å². The van der Waals surface area contributed by atoms with Crippen molar-refractivity contribution in [2.24, 2.45) is 0 Å². The van der Waals surface area contributed by atoms with Crippen LogP contribution in [-0.2, 0) is 14.8 Å². The van der Waals surface area contributed by atoms with Gasteiger partial charge < -0.3 is 19.1 Å². The van der Waals surface area contributed by atoms with Crippen LogP contribution in [0.3, 0.4) is 0 Å². The van der Waals surface area contributed by atoms with E-state index in [9.17, 15) is 13.2 Å². The van der Waals surface area contributed by atoms with Crippen LogP contribution in [0.1, 0.15) is 15.4 Å². The number of fused-ring (bicyclic) bond motifs is 1. The van der Waals surface area contributed by atoms with Gasteiger partial charge in [-0.1, -0.05) is 11.3 Å². The summed E-state index contributed by atoms with van der Waals surface area (Å²) in [6, 6.07) is 4.26. The summed E-state index contributed by atoms with van der Waals surface area (Å²) in [5, 5.41) is 0.714. The zero-order valence-corrected chi connectivity index (χ0v) is 17.3. The highest BCUT2D eigenvalue weighted by Crippen LogP contribution is 2.32. The molecule has 4 rings (SSSR count). The van der Waals surface area contributed by atoms with Crippen LogP contribution < -0.4 is 24.6 Å². The molecule has 0 bridgehead atoms. The van der Waals surface area contributed by atoms with Crippen LogP contribution in [-0.4, -0.2) is 58.8 Å². The van der Waals surface area contributed by atoms with Gasteiger partial charge in [-0.05, 0) is 19.1 Å². The molecule has 1 amide bonds. The van der Waals surface area contributed by atoms with Crippen LogP contribution in [0.2, 0.25) is 0 Å². The molecule has 0 unspecified atom stereocenters. The summed E-state index contributed by atoms with van der Waals surface area (Å²) in [4.78, 5) is 21.4. The minimum atomic E-state index is -3.98. The first-order valence-corrected chi connectivity index (χ1v) is 11.3. The Morgan fingerprint density at radius 2 is 1.86 bits per heavy atom. The van der Waals surface area contributed by atoms with Gasteiger partial charge in [0, 0.05) is 19.2 Å². The van der Waals surface area contributed by atoms with Crippen molar-refractivity contribution in [3.8, 4) is 11.5 Å². The topological polar surface area (TPSA) is 119 Å². The Morgan fingerprint density at radius 1 is 1.14 bits per heavy atom. The van der Waals surface area contributed by atoms with Crippen molar-refractivity contribution in [3.63, 3.8) is 0 Å². The normalized spacial score (nSPS) is 16.5. The molecule has 0 saturated carbocycles. The van der Waals surface area contributed by atoms with Gasteiger partial charge in [0.2, 0.25) is 0 Å². The second kappa shape index (κ2) is 8.14. The maximum absolute atomic E-state index is 12.5. The first-order chi connectivity index (χ1) is 13.9. The van der Waals surface area contributed by atoms with E-state index in [0.29, 0.717) is 66.7 Å². The number of hydrogen-bond donors (Lipinski definition) is 2. The summed E-state index contributed by atoms with van der Waals surface area (Å²) in [5.41, 5.74) is 2.79. The third kappa shape index (κ3) is 4.29. The van der Waals surface area contributed by atoms with Crippen LogP contribution in [0.5, 0.6) is 11.5 Å². The van der Waals surface area contributed by atoms with E-state index < -0.39 is 15.9 Å². The van der Waals surface area contributed by atoms with Crippen molar-refractivity contribution in [3.05, 3.63) is 28.8 Å². The number of benzene rings is 1. The lowest BCUT2D eigenvalue weighted by Gasteiger charge is -2.25. The van der Waals surface area contributed by atoms with E-state index in [2.05, 4.69) is 15.2 Å². The van der Waals surface area contributed by atoms with E-state index in [0.717, 1.165) is 0 Å². The van der Waals surface area contributed by atoms with Crippen LogP contribution in [0.4, 0.5) is 5.13 Å². The highest BCUT2D eigenvalue weighted by atomic mass is 32.2. The number of ether oxygens (including phenoxy) is 3. The Balaban J connectivity index is 1.44. The van der Waals surface area contributed by atoms with Crippen LogP contribution in [0.25, 0.3) is 0 Å². The number of anilines is 1. The fourth-order valence-corrected chi connectivity index (χ4v) is 4.77. The lowest BCUT2D eigenvalue weighted by Crippen LogP contribution is -2.41. The standard InChI is InChI=1S/C17H20N4O6S2/c1-11-15(28-17(18-11)21-4-6-25-7-5-21)16(22)19-20-29(23,24)12-2-3-13-14(10-12)27-9-8-26-13/h2-3,10,20H,4-9H2,1H3,(H,19,22). The maximum Gasteiger partial charge on any atom is 0.278 e. The molecule has 2 aliphatic heterocycles. The molecule has 0 radical (unpaired) electrons. The van der Waals surface area contributed by atoms with E-state index in [1.807, 2.05) is 4.90 Å². The summed E-state index contributed by atoms with van der Waals surface area (Å²) in [7, 11) is -3.98. The molecule has 1 saturated heterocycles. The van der Waals surface area contributed by atoms with E-state index in [1.54, 1.807) is 6.92 Å². The molecule has 2 N–H and O–H groups in total. The predicted octanol–water partition coefficient (Wildman–Crippen LogP) is 0.683. The summed E-state index contributed by atoms with van der Waals surface area (Å²) in [5.74, 6) is 0.259. The highest BCUT2D eigenvalue weighted by Gasteiger charge is 2.23. The lowest BCUT2D eigenvalue weighted by molar-refractivity contribution is 0.0948. The molecule has 0 atom stereocenters. The average Bonchev–Trinajstić information content (AvgIpc) is 3.14. The number of nitrogens with one attached hydrogen (secondary N) is 2. The minimum absolute atomic E-state index is 0.0444. The van der Waals surface area contributed by atoms with Gasteiger partial charge in [-0.2, -0.15) is 0 Å². The van der Waals surface area contributed by atoms with Crippen molar-refractivity contribution in [1.82, 2.24) is 15.2 Å². The number of hydrazine groups is 1. The Hall–Kier alpha value is -2.41. The number of hydrogen-bond acceptors (Lipinski definition) is 9. The zero-order chi connectivity index (χ0) is 20.4. The fraction of sp³-hybridized carbons (Fsp3) is 0.412. The average molecular weight is 441 g/mol. The van der Waals surface area contributed by atoms with E-state index in [-0.39, 0.29) is 4.90 Å². The number of carbonyl (C=O) groups excluding carboxylic acids is 1. The number of nitrogens with zero attached hydrogens (tertiary/aromatic N) is 2. The molecule has 2 aliphatic rings.